The Morgan fingerprint density at radius 3 is 2.11 bits per heavy atom. The van der Waals surface area contributed by atoms with Crippen LogP contribution in [0.3, 0.4) is 0 Å². The fourth-order valence-corrected chi connectivity index (χ4v) is 8.73. The van der Waals surface area contributed by atoms with Crippen molar-refractivity contribution in [2.45, 2.75) is 19.8 Å². The molecule has 4 heteroatoms. The SMILES string of the molecule is C/C1=C(/c2cccc3ccccc23)N=C(c2cccc(-c3cc4ccccc4c4c3ccc3cnccc34)c2)N=C(c2cccc3oc4ccccc4c23)CC1. The summed E-state index contributed by atoms with van der Waals surface area (Å²) in [5, 5.41) is 11.8. The van der Waals surface area contributed by atoms with Crippen molar-refractivity contribution in [3.8, 4) is 11.1 Å². The summed E-state index contributed by atoms with van der Waals surface area (Å²) >= 11 is 0. The van der Waals surface area contributed by atoms with Gasteiger partial charge in [-0.2, -0.15) is 0 Å². The molecule has 0 radical (unpaired) electrons. The number of nitrogens with zero attached hydrogens (tertiary/aromatic N) is 3. The van der Waals surface area contributed by atoms with Gasteiger partial charge in [-0.25, -0.2) is 9.98 Å². The number of rotatable bonds is 4. The van der Waals surface area contributed by atoms with Crippen molar-refractivity contribution in [3.05, 3.63) is 192 Å². The lowest BCUT2D eigenvalue weighted by Gasteiger charge is -2.18. The van der Waals surface area contributed by atoms with Gasteiger partial charge < -0.3 is 4.42 Å². The van der Waals surface area contributed by atoms with E-state index in [-0.39, 0.29) is 0 Å². The van der Waals surface area contributed by atoms with Gasteiger partial charge in [-0.1, -0.05) is 127 Å². The number of aromatic nitrogens is 1. The Kier molecular flexibility index (Phi) is 7.49. The molecule has 0 aliphatic carbocycles. The summed E-state index contributed by atoms with van der Waals surface area (Å²) in [5.74, 6) is 0.690. The molecule has 264 valence electrons. The maximum atomic E-state index is 6.35. The molecule has 3 heterocycles. The lowest BCUT2D eigenvalue weighted by molar-refractivity contribution is 0.669. The van der Waals surface area contributed by atoms with Crippen molar-refractivity contribution < 1.29 is 4.42 Å². The van der Waals surface area contributed by atoms with Crippen LogP contribution < -0.4 is 0 Å². The lowest BCUT2D eigenvalue weighted by Crippen LogP contribution is -2.11. The highest BCUT2D eigenvalue weighted by atomic mass is 16.3. The predicted octanol–water partition coefficient (Wildman–Crippen LogP) is 13.7. The molecule has 8 aromatic carbocycles. The summed E-state index contributed by atoms with van der Waals surface area (Å²) in [6.07, 6.45) is 5.43. The van der Waals surface area contributed by atoms with Crippen LogP contribution in [0.4, 0.5) is 0 Å². The van der Waals surface area contributed by atoms with E-state index >= 15 is 0 Å². The third kappa shape index (κ3) is 5.25. The molecule has 0 spiro atoms. The zero-order valence-electron chi connectivity index (χ0n) is 30.8. The molecule has 0 fully saturated rings. The average Bonchev–Trinajstić information content (AvgIpc) is 3.64. The molecule has 0 N–H and O–H groups in total. The van der Waals surface area contributed by atoms with E-state index in [4.69, 9.17) is 14.4 Å². The fraction of sp³-hybridized carbons (Fsp3) is 0.0577. The highest BCUT2D eigenvalue weighted by molar-refractivity contribution is 6.25. The monoisotopic (exact) mass is 717 g/mol. The number of hydrogen-bond acceptors (Lipinski definition) is 4. The topological polar surface area (TPSA) is 50.8 Å². The Balaban J connectivity index is 1.16. The predicted molar refractivity (Wildman–Crippen MR) is 235 cm³/mol. The molecule has 4 nitrogen and oxygen atoms in total. The molecule has 56 heavy (non-hydrogen) atoms. The molecule has 10 aromatic rings. The molecular formula is C52H35N3O. The smallest absolute Gasteiger partial charge is 0.160 e. The quantitative estimate of drug-likeness (QED) is 0.170. The fourth-order valence-electron chi connectivity index (χ4n) is 8.73. The van der Waals surface area contributed by atoms with Crippen LogP contribution in [0, 0.1) is 0 Å². The van der Waals surface area contributed by atoms with E-state index in [0.717, 1.165) is 73.8 Å². The van der Waals surface area contributed by atoms with Crippen molar-refractivity contribution in [1.29, 1.82) is 0 Å². The van der Waals surface area contributed by atoms with Crippen molar-refractivity contribution >= 4 is 82.3 Å². The van der Waals surface area contributed by atoms with Crippen LogP contribution in [-0.2, 0) is 0 Å². The van der Waals surface area contributed by atoms with Crippen LogP contribution in [0.15, 0.2) is 190 Å². The summed E-state index contributed by atoms with van der Waals surface area (Å²) in [5.41, 5.74) is 10.4. The van der Waals surface area contributed by atoms with Crippen molar-refractivity contribution in [1.82, 2.24) is 4.98 Å². The van der Waals surface area contributed by atoms with E-state index in [1.807, 2.05) is 24.5 Å². The van der Waals surface area contributed by atoms with Crippen LogP contribution in [0.1, 0.15) is 36.5 Å². The molecule has 0 saturated heterocycles. The Morgan fingerprint density at radius 1 is 0.464 bits per heavy atom. The zero-order valence-corrected chi connectivity index (χ0v) is 30.8. The Hall–Kier alpha value is -7.17. The first kappa shape index (κ1) is 32.3. The number of allylic oxidation sites excluding steroid dienone is 1. The Morgan fingerprint density at radius 2 is 1.18 bits per heavy atom. The number of benzene rings is 8. The third-order valence-corrected chi connectivity index (χ3v) is 11.4. The molecular weight excluding hydrogens is 683 g/mol. The number of amidine groups is 1. The van der Waals surface area contributed by atoms with Gasteiger partial charge in [0, 0.05) is 45.2 Å². The maximum Gasteiger partial charge on any atom is 0.160 e. The first-order valence-electron chi connectivity index (χ1n) is 19.2. The van der Waals surface area contributed by atoms with Crippen molar-refractivity contribution in [2.24, 2.45) is 9.98 Å². The number of pyridine rings is 1. The van der Waals surface area contributed by atoms with E-state index in [0.29, 0.717) is 5.84 Å². The third-order valence-electron chi connectivity index (χ3n) is 11.4. The molecule has 2 aromatic heterocycles. The zero-order chi connectivity index (χ0) is 37.2. The molecule has 1 aliphatic heterocycles. The van der Waals surface area contributed by atoms with Gasteiger partial charge in [-0.3, -0.25) is 4.98 Å². The molecule has 0 atom stereocenters. The van der Waals surface area contributed by atoms with Gasteiger partial charge in [0.25, 0.3) is 0 Å². The molecule has 11 rings (SSSR count). The van der Waals surface area contributed by atoms with E-state index < -0.39 is 0 Å². The highest BCUT2D eigenvalue weighted by Gasteiger charge is 2.21. The van der Waals surface area contributed by atoms with E-state index in [1.54, 1.807) is 0 Å². The second-order valence-electron chi connectivity index (χ2n) is 14.7. The highest BCUT2D eigenvalue weighted by Crippen LogP contribution is 2.40. The number of hydrogen-bond donors (Lipinski definition) is 0. The van der Waals surface area contributed by atoms with Crippen LogP contribution in [-0.4, -0.2) is 16.5 Å². The molecule has 0 unspecified atom stereocenters. The van der Waals surface area contributed by atoms with Crippen molar-refractivity contribution in [2.75, 3.05) is 0 Å². The number of para-hydroxylation sites is 1. The van der Waals surface area contributed by atoms with Crippen LogP contribution in [0.5, 0.6) is 0 Å². The summed E-state index contributed by atoms with van der Waals surface area (Å²) in [6.45, 7) is 2.23. The standard InChI is InChI=1S/C52H35N3O/c1-32-23-26-46(43-20-10-22-48-50(43)44-18-6-7-21-47(44)56-48)54-52(55-51(32)42-19-9-13-33-11-2-4-16-38(33)42)36-15-8-14-34(29-36)45-30-35-12-3-5-17-39(35)49-40-27-28-53-31-37(40)24-25-41(45)49/h2-22,24-25,27-31H,23,26H2,1H3/b51-32+,54-46?,55-52?. The summed E-state index contributed by atoms with van der Waals surface area (Å²) < 4.78 is 6.35. The Labute approximate surface area is 323 Å². The minimum absolute atomic E-state index is 0.690. The largest absolute Gasteiger partial charge is 0.456 e. The van der Waals surface area contributed by atoms with Crippen LogP contribution in [0.2, 0.25) is 0 Å². The van der Waals surface area contributed by atoms with E-state index in [1.165, 1.54) is 48.8 Å². The van der Waals surface area contributed by atoms with Gasteiger partial charge in [0.05, 0.1) is 11.4 Å². The van der Waals surface area contributed by atoms with Gasteiger partial charge in [0.2, 0.25) is 0 Å². The van der Waals surface area contributed by atoms with Gasteiger partial charge in [0.15, 0.2) is 5.84 Å². The van der Waals surface area contributed by atoms with Gasteiger partial charge in [-0.15, -0.1) is 0 Å². The molecule has 1 aliphatic rings. The summed E-state index contributed by atoms with van der Waals surface area (Å²) in [6, 6.07) is 56.0. The number of furan rings is 1. The normalized spacial score (nSPS) is 15.1. The number of fused-ring (bicyclic) bond motifs is 9. The first-order valence-corrected chi connectivity index (χ1v) is 19.2. The summed E-state index contributed by atoms with van der Waals surface area (Å²) in [7, 11) is 0. The first-order chi connectivity index (χ1) is 27.7. The minimum atomic E-state index is 0.690. The van der Waals surface area contributed by atoms with Crippen molar-refractivity contribution in [3.63, 3.8) is 0 Å². The second kappa shape index (κ2) is 13.0. The Bertz CT molecular complexity index is 3310. The van der Waals surface area contributed by atoms with Gasteiger partial charge >= 0.3 is 0 Å². The lowest BCUT2D eigenvalue weighted by atomic mass is 9.90. The molecule has 0 bridgehead atoms. The van der Waals surface area contributed by atoms with Gasteiger partial charge in [-0.05, 0) is 105 Å². The molecule has 0 amide bonds. The molecule has 0 saturated carbocycles. The van der Waals surface area contributed by atoms with Crippen LogP contribution >= 0.6 is 0 Å². The van der Waals surface area contributed by atoms with E-state index in [2.05, 4.69) is 158 Å². The van der Waals surface area contributed by atoms with Crippen LogP contribution in [0.25, 0.3) is 81.9 Å². The van der Waals surface area contributed by atoms with Gasteiger partial charge in [0.1, 0.15) is 11.2 Å². The maximum absolute atomic E-state index is 6.35. The second-order valence-corrected chi connectivity index (χ2v) is 14.7. The minimum Gasteiger partial charge on any atom is -0.456 e. The number of aliphatic imine (C=N–C) groups is 2. The average molecular weight is 718 g/mol. The summed E-state index contributed by atoms with van der Waals surface area (Å²) in [4.78, 5) is 15.6. The van der Waals surface area contributed by atoms with E-state index in [9.17, 15) is 0 Å².